The van der Waals surface area contributed by atoms with Gasteiger partial charge >= 0.3 is 8.80 Å². The van der Waals surface area contributed by atoms with Crippen LogP contribution in [0, 0.1) is 0 Å². The van der Waals surface area contributed by atoms with Gasteiger partial charge in [-0.05, 0) is 57.8 Å². The van der Waals surface area contributed by atoms with Crippen molar-refractivity contribution in [3.8, 4) is 0 Å². The Morgan fingerprint density at radius 2 is 1.20 bits per heavy atom. The highest BCUT2D eigenvalue weighted by Gasteiger charge is 2.39. The Morgan fingerprint density at radius 1 is 0.686 bits per heavy atom. The molecule has 2 heterocycles. The van der Waals surface area contributed by atoms with E-state index < -0.39 is 8.80 Å². The molecule has 1 aromatic rings. The maximum absolute atomic E-state index is 5.97. The highest BCUT2D eigenvalue weighted by Crippen LogP contribution is 2.63. The highest BCUT2D eigenvalue weighted by molar-refractivity contribution is 8.42. The second kappa shape index (κ2) is 16.8. The Bertz CT molecular complexity index is 819. The third-order valence-corrected chi connectivity index (χ3v) is 17.0. The molecule has 2 aliphatic rings. The summed E-state index contributed by atoms with van der Waals surface area (Å²) in [5.74, 6) is 1.21. The van der Waals surface area contributed by atoms with Gasteiger partial charge in [-0.1, -0.05) is 84.9 Å². The maximum atomic E-state index is 5.97. The fraction of sp³-hybridized carbons (Fsp3) is 0.600. The molecule has 0 fully saturated rings. The van der Waals surface area contributed by atoms with Crippen LogP contribution in [0.4, 0.5) is 0 Å². The molecule has 0 aliphatic carbocycles. The standard InChI is InChI=1S/C25H38O3S6Si/c1-5-26-35(27-6-2,28-7-3)19-15-11-9-8-10-14-18-30-23-22(29-4)33-25(34-23)24-31-20-16-12-13-17-21(20)32-24/h12-13,16-17H,5-11,14-15,18-19H2,1-4H3. The van der Waals surface area contributed by atoms with Crippen molar-refractivity contribution in [2.45, 2.75) is 75.1 Å². The Morgan fingerprint density at radius 3 is 1.77 bits per heavy atom. The normalized spacial score (nSPS) is 16.0. The molecule has 0 bridgehead atoms. The van der Waals surface area contributed by atoms with Gasteiger partial charge in [0.05, 0.1) is 16.9 Å². The molecule has 1 aromatic carbocycles. The van der Waals surface area contributed by atoms with Gasteiger partial charge in [0.15, 0.2) is 0 Å². The Labute approximate surface area is 239 Å². The number of hydrogen-bond acceptors (Lipinski definition) is 9. The Balaban J connectivity index is 1.31. The number of rotatable bonds is 17. The minimum Gasteiger partial charge on any atom is -0.374 e. The van der Waals surface area contributed by atoms with Gasteiger partial charge in [0.25, 0.3) is 0 Å². The van der Waals surface area contributed by atoms with Crippen molar-refractivity contribution in [3.63, 3.8) is 0 Å². The molecule has 35 heavy (non-hydrogen) atoms. The lowest BCUT2D eigenvalue weighted by molar-refractivity contribution is 0.0706. The van der Waals surface area contributed by atoms with Gasteiger partial charge in [0.2, 0.25) is 0 Å². The molecular formula is C25H38O3S6Si. The lowest BCUT2D eigenvalue weighted by atomic mass is 10.1. The maximum Gasteiger partial charge on any atom is 0.500 e. The minimum absolute atomic E-state index is 0.666. The first-order valence-electron chi connectivity index (χ1n) is 12.5. The van der Waals surface area contributed by atoms with E-state index in [0.717, 1.165) is 12.5 Å². The van der Waals surface area contributed by atoms with E-state index in [2.05, 4.69) is 42.3 Å². The zero-order chi connectivity index (χ0) is 24.9. The fourth-order valence-corrected chi connectivity index (χ4v) is 14.8. The molecule has 0 N–H and O–H groups in total. The van der Waals surface area contributed by atoms with E-state index >= 15 is 0 Å². The summed E-state index contributed by atoms with van der Waals surface area (Å²) in [5, 5.41) is 0. The highest BCUT2D eigenvalue weighted by atomic mass is 32.3. The second-order valence-corrected chi connectivity index (χ2v) is 17.7. The smallest absolute Gasteiger partial charge is 0.374 e. The first kappa shape index (κ1) is 30.4. The van der Waals surface area contributed by atoms with E-state index in [1.54, 1.807) is 0 Å². The molecule has 3 rings (SSSR count). The zero-order valence-electron chi connectivity index (χ0n) is 21.3. The van der Waals surface area contributed by atoms with Crippen molar-refractivity contribution < 1.29 is 13.3 Å². The van der Waals surface area contributed by atoms with Gasteiger partial charge in [0.1, 0.15) is 0 Å². The molecule has 0 spiro atoms. The largest absolute Gasteiger partial charge is 0.500 e. The summed E-state index contributed by atoms with van der Waals surface area (Å²) in [6, 6.07) is 9.69. The van der Waals surface area contributed by atoms with E-state index in [9.17, 15) is 0 Å². The zero-order valence-corrected chi connectivity index (χ0v) is 27.2. The molecular weight excluding hydrogens is 569 g/mol. The number of benzene rings is 1. The summed E-state index contributed by atoms with van der Waals surface area (Å²) < 4.78 is 23.8. The monoisotopic (exact) mass is 606 g/mol. The average molecular weight is 607 g/mol. The summed E-state index contributed by atoms with van der Waals surface area (Å²) in [4.78, 5) is 2.80. The van der Waals surface area contributed by atoms with Gasteiger partial charge in [-0.2, -0.15) is 0 Å². The van der Waals surface area contributed by atoms with E-state index in [4.69, 9.17) is 13.3 Å². The van der Waals surface area contributed by atoms with Crippen LogP contribution in [-0.4, -0.2) is 40.6 Å². The quantitative estimate of drug-likeness (QED) is 0.127. The predicted molar refractivity (Wildman–Crippen MR) is 167 cm³/mol. The molecule has 0 amide bonds. The number of thioether (sulfide) groups is 6. The van der Waals surface area contributed by atoms with Gasteiger partial charge < -0.3 is 13.3 Å². The van der Waals surface area contributed by atoms with Crippen molar-refractivity contribution in [2.24, 2.45) is 0 Å². The van der Waals surface area contributed by atoms with Crippen molar-refractivity contribution >= 4 is 79.4 Å². The van der Waals surface area contributed by atoms with Crippen LogP contribution in [-0.2, 0) is 13.3 Å². The average Bonchev–Trinajstić information content (AvgIpc) is 3.47. The van der Waals surface area contributed by atoms with Gasteiger partial charge in [-0.15, -0.1) is 23.5 Å². The summed E-state index contributed by atoms with van der Waals surface area (Å²) in [6.07, 6.45) is 9.78. The molecule has 0 atom stereocenters. The van der Waals surface area contributed by atoms with Crippen molar-refractivity contribution in [1.29, 1.82) is 0 Å². The van der Waals surface area contributed by atoms with Crippen LogP contribution in [0.25, 0.3) is 0 Å². The summed E-state index contributed by atoms with van der Waals surface area (Å²) in [7, 11) is -2.46. The van der Waals surface area contributed by atoms with E-state index in [0.29, 0.717) is 19.8 Å². The van der Waals surface area contributed by atoms with Crippen LogP contribution >= 0.6 is 70.6 Å². The predicted octanol–water partition coefficient (Wildman–Crippen LogP) is 10.1. The van der Waals surface area contributed by atoms with Gasteiger partial charge in [-0.25, -0.2) is 0 Å². The third kappa shape index (κ3) is 9.55. The third-order valence-electron chi connectivity index (χ3n) is 5.35. The Hall–Kier alpha value is 0.897. The van der Waals surface area contributed by atoms with Crippen LogP contribution in [0.15, 0.2) is 51.0 Å². The second-order valence-electron chi connectivity index (χ2n) is 7.91. The number of unbranched alkanes of at least 4 members (excludes halogenated alkanes) is 5. The molecule has 3 nitrogen and oxygen atoms in total. The lowest BCUT2D eigenvalue weighted by Gasteiger charge is -2.28. The van der Waals surface area contributed by atoms with Crippen molar-refractivity contribution in [2.75, 3.05) is 31.8 Å². The molecule has 2 aliphatic heterocycles. The summed E-state index contributed by atoms with van der Waals surface area (Å²) >= 11 is 11.8. The molecule has 0 radical (unpaired) electrons. The molecule has 0 aromatic heterocycles. The van der Waals surface area contributed by atoms with Gasteiger partial charge in [0, 0.05) is 35.7 Å². The van der Waals surface area contributed by atoms with Crippen LogP contribution in [0.2, 0.25) is 6.04 Å². The first-order valence-corrected chi connectivity index (χ1v) is 19.9. The topological polar surface area (TPSA) is 27.7 Å². The van der Waals surface area contributed by atoms with Gasteiger partial charge in [-0.3, -0.25) is 0 Å². The van der Waals surface area contributed by atoms with Crippen LogP contribution in [0.5, 0.6) is 0 Å². The van der Waals surface area contributed by atoms with Crippen LogP contribution in [0.1, 0.15) is 59.3 Å². The van der Waals surface area contributed by atoms with E-state index in [1.165, 1.54) is 64.6 Å². The number of hydrogen-bond donors (Lipinski definition) is 0. The van der Waals surface area contributed by atoms with Crippen LogP contribution in [0.3, 0.4) is 0 Å². The molecule has 0 unspecified atom stereocenters. The Kier molecular flexibility index (Phi) is 14.6. The minimum atomic E-state index is -2.46. The van der Waals surface area contributed by atoms with Crippen molar-refractivity contribution in [3.05, 3.63) is 41.2 Å². The fourth-order valence-electron chi connectivity index (χ4n) is 3.81. The molecule has 10 heteroatoms. The van der Waals surface area contributed by atoms with E-state index in [1.807, 2.05) is 79.6 Å². The summed E-state index contributed by atoms with van der Waals surface area (Å²) in [5.41, 5.74) is 0. The van der Waals surface area contributed by atoms with Crippen LogP contribution < -0.4 is 0 Å². The molecule has 196 valence electrons. The number of fused-ring (bicyclic) bond motifs is 1. The molecule has 0 saturated carbocycles. The van der Waals surface area contributed by atoms with E-state index in [-0.39, 0.29) is 0 Å². The first-order chi connectivity index (χ1) is 17.1. The molecule has 0 saturated heterocycles. The van der Waals surface area contributed by atoms with Crippen molar-refractivity contribution in [1.82, 2.24) is 0 Å². The lowest BCUT2D eigenvalue weighted by Crippen LogP contribution is -2.45. The summed E-state index contributed by atoms with van der Waals surface area (Å²) in [6.45, 7) is 8.09. The SMILES string of the molecule is CCO[Si](CCCCCCCCSC1=C(SC)SC(=C2Sc3ccccc3S2)S1)(OCC)OCC.